The van der Waals surface area contributed by atoms with Crippen molar-refractivity contribution < 1.29 is 18.9 Å². The number of hydrogen-bond acceptors (Lipinski definition) is 7. The largest absolute Gasteiger partial charge is 0.422 e. The molecule has 8 nitrogen and oxygen atoms in total. The Morgan fingerprint density at radius 3 is 2.71 bits per heavy atom. The number of pyridine rings is 1. The van der Waals surface area contributed by atoms with Crippen molar-refractivity contribution in [1.29, 1.82) is 0 Å². The van der Waals surface area contributed by atoms with Crippen LogP contribution in [-0.4, -0.2) is 15.9 Å². The third-order valence-corrected chi connectivity index (χ3v) is 4.17. The molecule has 0 aliphatic heterocycles. The van der Waals surface area contributed by atoms with Crippen LogP contribution in [0.5, 0.6) is 5.75 Å². The molecule has 0 fully saturated rings. The summed E-state index contributed by atoms with van der Waals surface area (Å²) in [5.41, 5.74) is -0.0810. The molecule has 0 bridgehead atoms. The summed E-state index contributed by atoms with van der Waals surface area (Å²) in [4.78, 5) is 39.5. The van der Waals surface area contributed by atoms with E-state index in [4.69, 9.17) is 9.15 Å². The number of esters is 1. The quantitative estimate of drug-likeness (QED) is 0.176. The summed E-state index contributed by atoms with van der Waals surface area (Å²) in [6, 6.07) is 13.7. The van der Waals surface area contributed by atoms with Crippen molar-refractivity contribution in [3.8, 4) is 5.75 Å². The van der Waals surface area contributed by atoms with Crippen molar-refractivity contribution in [3.63, 3.8) is 0 Å². The number of fused-ring (bicyclic) bond motifs is 2. The normalized spacial score (nSPS) is 10.9. The van der Waals surface area contributed by atoms with Gasteiger partial charge in [0.25, 0.3) is 5.69 Å². The molecule has 8 heteroatoms. The molecule has 138 valence electrons. The highest BCUT2D eigenvalue weighted by Gasteiger charge is 2.19. The van der Waals surface area contributed by atoms with E-state index in [0.29, 0.717) is 5.52 Å². The molecule has 0 N–H and O–H groups in total. The second-order valence-electron chi connectivity index (χ2n) is 6.10. The molecule has 2 aromatic heterocycles. The van der Waals surface area contributed by atoms with Crippen molar-refractivity contribution in [2.45, 2.75) is 6.92 Å². The van der Waals surface area contributed by atoms with Gasteiger partial charge >= 0.3 is 11.6 Å². The first-order valence-electron chi connectivity index (χ1n) is 8.23. The standard InChI is InChI=1S/C20H12N2O6/c1-11-5-6-12-3-2-4-17(18(12)21-11)28-20(24)15-10-13-9-14(22(25)26)7-8-16(13)27-19(15)23/h2-10H,1H3. The number of nitrogens with zero attached hydrogens (tertiary/aromatic N) is 2. The van der Waals surface area contributed by atoms with Gasteiger partial charge in [-0.2, -0.15) is 0 Å². The molecule has 0 radical (unpaired) electrons. The molecule has 0 spiro atoms. The third-order valence-electron chi connectivity index (χ3n) is 4.17. The highest BCUT2D eigenvalue weighted by molar-refractivity contribution is 5.96. The Labute approximate surface area is 157 Å². The van der Waals surface area contributed by atoms with E-state index in [1.165, 1.54) is 24.3 Å². The van der Waals surface area contributed by atoms with Gasteiger partial charge in [0.1, 0.15) is 16.7 Å². The average Bonchev–Trinajstić information content (AvgIpc) is 2.67. The first-order valence-corrected chi connectivity index (χ1v) is 8.23. The van der Waals surface area contributed by atoms with Crippen molar-refractivity contribution >= 4 is 33.5 Å². The summed E-state index contributed by atoms with van der Waals surface area (Å²) in [7, 11) is 0. The van der Waals surface area contributed by atoms with Gasteiger partial charge in [0.15, 0.2) is 5.75 Å². The van der Waals surface area contributed by atoms with Crippen LogP contribution in [0, 0.1) is 17.0 Å². The van der Waals surface area contributed by atoms with Gasteiger partial charge in [0.2, 0.25) is 0 Å². The minimum absolute atomic E-state index is 0.134. The number of nitro benzene ring substituents is 1. The van der Waals surface area contributed by atoms with Gasteiger partial charge in [0, 0.05) is 28.6 Å². The topological polar surface area (TPSA) is 113 Å². The Balaban J connectivity index is 1.77. The minimum Gasteiger partial charge on any atom is -0.422 e. The van der Waals surface area contributed by atoms with E-state index in [-0.39, 0.29) is 28.0 Å². The molecule has 2 heterocycles. The maximum Gasteiger partial charge on any atom is 0.351 e. The Hall–Kier alpha value is -4.07. The number of non-ortho nitro benzene ring substituents is 1. The van der Waals surface area contributed by atoms with Crippen LogP contribution < -0.4 is 10.4 Å². The zero-order valence-electron chi connectivity index (χ0n) is 14.5. The Morgan fingerprint density at radius 1 is 1.11 bits per heavy atom. The molecule has 28 heavy (non-hydrogen) atoms. The summed E-state index contributed by atoms with van der Waals surface area (Å²) in [6.07, 6.45) is 0. The smallest absolute Gasteiger partial charge is 0.351 e. The number of carbonyl (C=O) groups excluding carboxylic acids is 1. The number of para-hydroxylation sites is 1. The summed E-state index contributed by atoms with van der Waals surface area (Å²) in [6.45, 7) is 1.81. The monoisotopic (exact) mass is 376 g/mol. The Kier molecular flexibility index (Phi) is 4.08. The Morgan fingerprint density at radius 2 is 1.93 bits per heavy atom. The average molecular weight is 376 g/mol. The summed E-state index contributed by atoms with van der Waals surface area (Å²) in [5.74, 6) is -0.734. The Bertz CT molecular complexity index is 1330. The van der Waals surface area contributed by atoms with Crippen molar-refractivity contribution in [2.75, 3.05) is 0 Å². The fraction of sp³-hybridized carbons (Fsp3) is 0.0500. The molecule has 0 amide bonds. The van der Waals surface area contributed by atoms with E-state index in [0.717, 1.165) is 11.1 Å². The number of hydrogen-bond donors (Lipinski definition) is 0. The van der Waals surface area contributed by atoms with Gasteiger partial charge in [-0.05, 0) is 31.2 Å². The lowest BCUT2D eigenvalue weighted by atomic mass is 10.1. The van der Waals surface area contributed by atoms with Crippen molar-refractivity contribution in [1.82, 2.24) is 4.98 Å². The predicted molar refractivity (Wildman–Crippen MR) is 101 cm³/mol. The lowest BCUT2D eigenvalue weighted by Crippen LogP contribution is -2.19. The minimum atomic E-state index is -0.932. The van der Waals surface area contributed by atoms with Gasteiger partial charge in [-0.15, -0.1) is 0 Å². The summed E-state index contributed by atoms with van der Waals surface area (Å²) in [5, 5.41) is 12.0. The lowest BCUT2D eigenvalue weighted by Gasteiger charge is -2.07. The molecule has 0 aliphatic rings. The summed E-state index contributed by atoms with van der Waals surface area (Å²) >= 11 is 0. The van der Waals surface area contributed by atoms with Gasteiger partial charge in [0.05, 0.1) is 4.92 Å². The number of benzene rings is 2. The molecular weight excluding hydrogens is 364 g/mol. The zero-order valence-corrected chi connectivity index (χ0v) is 14.5. The van der Waals surface area contributed by atoms with Crippen LogP contribution >= 0.6 is 0 Å². The molecule has 4 rings (SSSR count). The van der Waals surface area contributed by atoms with E-state index in [1.54, 1.807) is 12.1 Å². The van der Waals surface area contributed by atoms with Gasteiger partial charge in [-0.3, -0.25) is 10.1 Å². The lowest BCUT2D eigenvalue weighted by molar-refractivity contribution is -0.384. The number of aryl methyl sites for hydroxylation is 1. The fourth-order valence-corrected chi connectivity index (χ4v) is 2.82. The van der Waals surface area contributed by atoms with Crippen LogP contribution in [0.15, 0.2) is 63.8 Å². The molecule has 0 aliphatic carbocycles. The highest BCUT2D eigenvalue weighted by atomic mass is 16.6. The molecule has 0 atom stereocenters. The van der Waals surface area contributed by atoms with Crippen molar-refractivity contribution in [3.05, 3.63) is 86.4 Å². The number of rotatable bonds is 3. The first-order chi connectivity index (χ1) is 13.4. The van der Waals surface area contributed by atoms with Crippen LogP contribution in [0.4, 0.5) is 5.69 Å². The number of aromatic nitrogens is 1. The number of nitro groups is 1. The second-order valence-corrected chi connectivity index (χ2v) is 6.10. The molecule has 2 aromatic carbocycles. The van der Waals surface area contributed by atoms with E-state index in [9.17, 15) is 19.7 Å². The van der Waals surface area contributed by atoms with E-state index < -0.39 is 16.5 Å². The van der Waals surface area contributed by atoms with E-state index in [2.05, 4.69) is 4.98 Å². The van der Waals surface area contributed by atoms with Crippen LogP contribution in [-0.2, 0) is 0 Å². The van der Waals surface area contributed by atoms with Crippen LogP contribution in [0.25, 0.3) is 21.9 Å². The third kappa shape index (κ3) is 3.07. The first kappa shape index (κ1) is 17.3. The van der Waals surface area contributed by atoms with Gasteiger partial charge in [-0.1, -0.05) is 18.2 Å². The van der Waals surface area contributed by atoms with Crippen LogP contribution in [0.2, 0.25) is 0 Å². The molecule has 0 saturated heterocycles. The van der Waals surface area contributed by atoms with Gasteiger partial charge < -0.3 is 9.15 Å². The van der Waals surface area contributed by atoms with E-state index in [1.807, 2.05) is 25.1 Å². The summed E-state index contributed by atoms with van der Waals surface area (Å²) < 4.78 is 10.5. The maximum atomic E-state index is 12.6. The molecule has 0 saturated carbocycles. The van der Waals surface area contributed by atoms with Crippen LogP contribution in [0.1, 0.15) is 16.1 Å². The zero-order chi connectivity index (χ0) is 19.8. The highest BCUT2D eigenvalue weighted by Crippen LogP contribution is 2.25. The maximum absolute atomic E-state index is 12.6. The number of ether oxygens (including phenoxy) is 1. The molecular formula is C20H12N2O6. The second kappa shape index (κ2) is 6.58. The van der Waals surface area contributed by atoms with Crippen LogP contribution in [0.3, 0.4) is 0 Å². The molecule has 4 aromatic rings. The van der Waals surface area contributed by atoms with E-state index >= 15 is 0 Å². The predicted octanol–water partition coefficient (Wildman–Crippen LogP) is 3.78. The molecule has 0 unspecified atom stereocenters. The SMILES string of the molecule is Cc1ccc2cccc(OC(=O)c3cc4cc([N+](=O)[O-])ccc4oc3=O)c2n1. The van der Waals surface area contributed by atoms with Gasteiger partial charge in [-0.25, -0.2) is 14.6 Å². The fourth-order valence-electron chi connectivity index (χ4n) is 2.82. The van der Waals surface area contributed by atoms with Crippen molar-refractivity contribution in [2.24, 2.45) is 0 Å². The number of carbonyl (C=O) groups is 1.